The van der Waals surface area contributed by atoms with Crippen molar-refractivity contribution in [3.63, 3.8) is 0 Å². The van der Waals surface area contributed by atoms with Gasteiger partial charge in [0.15, 0.2) is 11.5 Å². The zero-order valence-corrected chi connectivity index (χ0v) is 10.0. The maximum atomic E-state index is 10.0. The van der Waals surface area contributed by atoms with E-state index in [4.69, 9.17) is 5.73 Å². The summed E-state index contributed by atoms with van der Waals surface area (Å²) in [6, 6.07) is 1.96. The number of hydrogen-bond donors (Lipinski definition) is 3. The molecule has 1 unspecified atom stereocenters. The Kier molecular flexibility index (Phi) is 2.39. The highest BCUT2D eigenvalue weighted by Gasteiger charge is 2.49. The minimum atomic E-state index is -0.125. The van der Waals surface area contributed by atoms with Gasteiger partial charge in [-0.3, -0.25) is 0 Å². The largest absolute Gasteiger partial charge is 0.504 e. The summed E-state index contributed by atoms with van der Waals surface area (Å²) in [5, 5.41) is 19.9. The first-order valence-electron chi connectivity index (χ1n) is 5.68. The first-order chi connectivity index (χ1) is 7.40. The van der Waals surface area contributed by atoms with Crippen LogP contribution in [-0.4, -0.2) is 16.3 Å². The van der Waals surface area contributed by atoms with Crippen LogP contribution in [-0.2, 0) is 5.41 Å². The van der Waals surface area contributed by atoms with Gasteiger partial charge in [0.25, 0.3) is 0 Å². The molecule has 4 N–H and O–H groups in total. The van der Waals surface area contributed by atoms with Crippen LogP contribution >= 0.6 is 0 Å². The molecule has 1 aromatic rings. The highest BCUT2D eigenvalue weighted by atomic mass is 16.3. The molecule has 1 saturated carbocycles. The molecule has 0 aromatic heterocycles. The van der Waals surface area contributed by atoms with Gasteiger partial charge in [0.05, 0.1) is 0 Å². The lowest BCUT2D eigenvalue weighted by Crippen LogP contribution is -2.31. The van der Waals surface area contributed by atoms with Gasteiger partial charge in [-0.05, 0) is 44.7 Å². The van der Waals surface area contributed by atoms with Crippen LogP contribution in [0.2, 0.25) is 0 Å². The van der Waals surface area contributed by atoms with Crippen LogP contribution in [0.25, 0.3) is 0 Å². The molecular weight excluding hydrogens is 202 g/mol. The van der Waals surface area contributed by atoms with Crippen molar-refractivity contribution < 1.29 is 10.2 Å². The number of rotatable bonds is 2. The Labute approximate surface area is 95.9 Å². The van der Waals surface area contributed by atoms with Crippen molar-refractivity contribution in [1.82, 2.24) is 0 Å². The molecule has 1 atom stereocenters. The van der Waals surface area contributed by atoms with Crippen molar-refractivity contribution in [3.05, 3.63) is 22.8 Å². The van der Waals surface area contributed by atoms with E-state index in [9.17, 15) is 10.2 Å². The van der Waals surface area contributed by atoms with Crippen LogP contribution in [0.4, 0.5) is 0 Å². The van der Waals surface area contributed by atoms with E-state index in [-0.39, 0.29) is 23.0 Å². The predicted octanol–water partition coefficient (Wildman–Crippen LogP) is 2.09. The second kappa shape index (κ2) is 3.39. The number of nitrogens with two attached hydrogens (primary N) is 1. The molecule has 88 valence electrons. The van der Waals surface area contributed by atoms with Crippen LogP contribution in [0.3, 0.4) is 0 Å². The molecule has 3 heteroatoms. The molecular formula is C13H19NO2. The Morgan fingerprint density at radius 3 is 2.25 bits per heavy atom. The van der Waals surface area contributed by atoms with Crippen LogP contribution in [0.5, 0.6) is 11.5 Å². The zero-order valence-electron chi connectivity index (χ0n) is 10.0. The minimum Gasteiger partial charge on any atom is -0.504 e. The summed E-state index contributed by atoms with van der Waals surface area (Å²) in [6.45, 7) is 5.70. The van der Waals surface area contributed by atoms with Crippen molar-refractivity contribution in [3.8, 4) is 11.5 Å². The monoisotopic (exact) mass is 221 g/mol. The lowest BCUT2D eigenvalue weighted by atomic mass is 9.86. The van der Waals surface area contributed by atoms with E-state index in [1.807, 2.05) is 19.9 Å². The molecule has 16 heavy (non-hydrogen) atoms. The Morgan fingerprint density at radius 1 is 1.25 bits per heavy atom. The molecule has 3 nitrogen and oxygen atoms in total. The number of hydrogen-bond acceptors (Lipinski definition) is 3. The molecule has 2 rings (SSSR count). The number of phenols is 2. The maximum Gasteiger partial charge on any atom is 0.161 e. The van der Waals surface area contributed by atoms with Crippen LogP contribution in [0.15, 0.2) is 6.07 Å². The van der Waals surface area contributed by atoms with Crippen LogP contribution < -0.4 is 5.73 Å². The van der Waals surface area contributed by atoms with Gasteiger partial charge in [-0.2, -0.15) is 0 Å². The third kappa shape index (κ3) is 1.39. The average molecular weight is 221 g/mol. The van der Waals surface area contributed by atoms with E-state index < -0.39 is 0 Å². The van der Waals surface area contributed by atoms with Crippen molar-refractivity contribution >= 4 is 0 Å². The van der Waals surface area contributed by atoms with Gasteiger partial charge in [0, 0.05) is 17.0 Å². The quantitative estimate of drug-likeness (QED) is 0.670. The molecule has 0 amide bonds. The third-order valence-corrected chi connectivity index (χ3v) is 3.98. The summed E-state index contributed by atoms with van der Waals surface area (Å²) in [5.41, 5.74) is 8.40. The summed E-state index contributed by atoms with van der Waals surface area (Å²) in [4.78, 5) is 0. The standard InChI is InChI=1S/C13H19NO2/c1-7-6-10(12(16)11(15)8(7)2)13(4-5-13)9(3)14/h6,9,15-16H,4-5,14H2,1-3H3. The molecule has 0 bridgehead atoms. The number of aromatic hydroxyl groups is 2. The molecule has 1 aromatic carbocycles. The molecule has 0 heterocycles. The van der Waals surface area contributed by atoms with Gasteiger partial charge in [-0.15, -0.1) is 0 Å². The fourth-order valence-corrected chi connectivity index (χ4v) is 2.37. The number of benzene rings is 1. The fourth-order valence-electron chi connectivity index (χ4n) is 2.37. The second-order valence-corrected chi connectivity index (χ2v) is 5.01. The normalized spacial score (nSPS) is 19.5. The Hall–Kier alpha value is -1.22. The SMILES string of the molecule is Cc1cc(C2(C(C)N)CC2)c(O)c(O)c1C. The molecule has 0 radical (unpaired) electrons. The highest BCUT2D eigenvalue weighted by Crippen LogP contribution is 2.55. The van der Waals surface area contributed by atoms with Crippen molar-refractivity contribution in [2.75, 3.05) is 0 Å². The van der Waals surface area contributed by atoms with Gasteiger partial charge >= 0.3 is 0 Å². The smallest absolute Gasteiger partial charge is 0.161 e. The molecule has 0 aliphatic heterocycles. The first kappa shape index (κ1) is 11.3. The van der Waals surface area contributed by atoms with E-state index in [0.29, 0.717) is 0 Å². The lowest BCUT2D eigenvalue weighted by molar-refractivity contribution is 0.387. The van der Waals surface area contributed by atoms with Gasteiger partial charge < -0.3 is 15.9 Å². The third-order valence-electron chi connectivity index (χ3n) is 3.98. The molecule has 0 spiro atoms. The van der Waals surface area contributed by atoms with Gasteiger partial charge in [0.2, 0.25) is 0 Å². The van der Waals surface area contributed by atoms with Crippen molar-refractivity contribution in [2.24, 2.45) is 5.73 Å². The topological polar surface area (TPSA) is 66.5 Å². The summed E-state index contributed by atoms with van der Waals surface area (Å²) in [5.74, 6) is 0.0137. The molecule has 1 aliphatic carbocycles. The van der Waals surface area contributed by atoms with E-state index >= 15 is 0 Å². The molecule has 1 aliphatic rings. The van der Waals surface area contributed by atoms with Crippen molar-refractivity contribution in [1.29, 1.82) is 0 Å². The summed E-state index contributed by atoms with van der Waals surface area (Å²) >= 11 is 0. The van der Waals surface area contributed by atoms with Gasteiger partial charge in [-0.1, -0.05) is 6.07 Å². The van der Waals surface area contributed by atoms with Gasteiger partial charge in [-0.25, -0.2) is 0 Å². The van der Waals surface area contributed by atoms with E-state index in [0.717, 1.165) is 29.5 Å². The average Bonchev–Trinajstić information content (AvgIpc) is 3.01. The second-order valence-electron chi connectivity index (χ2n) is 5.01. The van der Waals surface area contributed by atoms with E-state index in [2.05, 4.69) is 0 Å². The lowest BCUT2D eigenvalue weighted by Gasteiger charge is -2.23. The summed E-state index contributed by atoms with van der Waals surface area (Å²) in [6.07, 6.45) is 1.97. The van der Waals surface area contributed by atoms with E-state index in [1.165, 1.54) is 0 Å². The summed E-state index contributed by atoms with van der Waals surface area (Å²) in [7, 11) is 0. The van der Waals surface area contributed by atoms with Crippen LogP contribution in [0.1, 0.15) is 36.5 Å². The van der Waals surface area contributed by atoms with Crippen LogP contribution in [0, 0.1) is 13.8 Å². The van der Waals surface area contributed by atoms with Crippen molar-refractivity contribution in [2.45, 2.75) is 45.1 Å². The Balaban J connectivity index is 2.59. The maximum absolute atomic E-state index is 10.0. The van der Waals surface area contributed by atoms with E-state index in [1.54, 1.807) is 6.92 Å². The number of phenolic OH excluding ortho intramolecular Hbond substituents is 2. The highest BCUT2D eigenvalue weighted by molar-refractivity contribution is 5.57. The zero-order chi connectivity index (χ0) is 12.1. The first-order valence-corrected chi connectivity index (χ1v) is 5.68. The Bertz CT molecular complexity index is 434. The summed E-state index contributed by atoms with van der Waals surface area (Å²) < 4.78 is 0. The molecule has 0 saturated heterocycles. The number of aryl methyl sites for hydroxylation is 1. The molecule has 1 fully saturated rings. The Morgan fingerprint density at radius 2 is 1.81 bits per heavy atom. The minimum absolute atomic E-state index is 0.0000869. The van der Waals surface area contributed by atoms with Gasteiger partial charge in [0.1, 0.15) is 0 Å². The predicted molar refractivity (Wildman–Crippen MR) is 63.8 cm³/mol. The fraction of sp³-hybridized carbons (Fsp3) is 0.538.